The zero-order valence-electron chi connectivity index (χ0n) is 17.3. The summed E-state index contributed by atoms with van der Waals surface area (Å²) in [7, 11) is 0. The molecule has 1 saturated heterocycles. The van der Waals surface area contributed by atoms with Crippen molar-refractivity contribution in [2.75, 3.05) is 13.1 Å². The highest BCUT2D eigenvalue weighted by Crippen LogP contribution is 2.65. The Labute approximate surface area is 181 Å². The van der Waals surface area contributed by atoms with Crippen LogP contribution < -0.4 is 4.74 Å². The van der Waals surface area contributed by atoms with Crippen LogP contribution in [-0.2, 0) is 16.6 Å². The van der Waals surface area contributed by atoms with Gasteiger partial charge in [-0.25, -0.2) is 0 Å². The van der Waals surface area contributed by atoms with Gasteiger partial charge in [-0.3, -0.25) is 9.69 Å². The van der Waals surface area contributed by atoms with Crippen molar-refractivity contribution in [3.8, 4) is 11.5 Å². The molecule has 2 aliphatic heterocycles. The molecule has 2 N–H and O–H groups in total. The van der Waals surface area contributed by atoms with Gasteiger partial charge in [0.1, 0.15) is 0 Å². The largest absolute Gasteiger partial charge is 0.504 e. The van der Waals surface area contributed by atoms with Crippen LogP contribution in [0.25, 0.3) is 6.08 Å². The zero-order chi connectivity index (χ0) is 21.4. The molecule has 4 aliphatic rings. The number of nitrogens with zero attached hydrogens (tertiary/aromatic N) is 1. The maximum absolute atomic E-state index is 13.7. The van der Waals surface area contributed by atoms with E-state index < -0.39 is 17.1 Å². The molecule has 1 saturated carbocycles. The molecule has 0 aromatic heterocycles. The molecule has 4 atom stereocenters. The number of carbonyl (C=O) groups excluding carboxylic acids is 1. The molecule has 2 aromatic carbocycles. The number of carbonyl (C=O) groups is 1. The Kier molecular flexibility index (Phi) is 3.84. The predicted octanol–water partition coefficient (Wildman–Crippen LogP) is 2.99. The fourth-order valence-corrected chi connectivity index (χ4v) is 6.59. The summed E-state index contributed by atoms with van der Waals surface area (Å²) in [6, 6.07) is 13.1. The Morgan fingerprint density at radius 3 is 2.81 bits per heavy atom. The van der Waals surface area contributed by atoms with Crippen LogP contribution in [0.5, 0.6) is 11.5 Å². The van der Waals surface area contributed by atoms with Crippen LogP contribution in [0, 0.1) is 0 Å². The summed E-state index contributed by atoms with van der Waals surface area (Å²) in [5, 5.41) is 23.0. The van der Waals surface area contributed by atoms with E-state index in [1.54, 1.807) is 6.07 Å². The number of aliphatic hydroxyl groups is 1. The van der Waals surface area contributed by atoms with E-state index in [0.29, 0.717) is 30.7 Å². The molecule has 2 aliphatic carbocycles. The van der Waals surface area contributed by atoms with Gasteiger partial charge >= 0.3 is 0 Å². The molecular weight excluding hydrogens is 390 g/mol. The molecule has 158 valence electrons. The van der Waals surface area contributed by atoms with Crippen molar-refractivity contribution < 1.29 is 19.7 Å². The van der Waals surface area contributed by atoms with Crippen LogP contribution in [0.3, 0.4) is 0 Å². The van der Waals surface area contributed by atoms with Crippen molar-refractivity contribution in [3.05, 3.63) is 77.4 Å². The minimum Gasteiger partial charge on any atom is -0.504 e. The summed E-state index contributed by atoms with van der Waals surface area (Å²) in [5.74, 6) is 0.331. The van der Waals surface area contributed by atoms with Crippen LogP contribution in [0.15, 0.2) is 60.7 Å². The number of ketones is 1. The lowest BCUT2D eigenvalue weighted by Gasteiger charge is -2.62. The number of benzene rings is 2. The Morgan fingerprint density at radius 1 is 1.23 bits per heavy atom. The maximum Gasteiger partial charge on any atom is 0.200 e. The maximum atomic E-state index is 13.7. The Hall–Kier alpha value is -2.89. The van der Waals surface area contributed by atoms with Crippen molar-refractivity contribution in [1.29, 1.82) is 0 Å². The molecule has 2 heterocycles. The molecule has 5 heteroatoms. The topological polar surface area (TPSA) is 70.0 Å². The number of hydrogen-bond donors (Lipinski definition) is 2. The lowest BCUT2D eigenvalue weighted by molar-refractivity contribution is -0.178. The Bertz CT molecular complexity index is 1140. The number of ether oxygens (including phenoxy) is 1. The molecule has 0 radical (unpaired) electrons. The smallest absolute Gasteiger partial charge is 0.200 e. The summed E-state index contributed by atoms with van der Waals surface area (Å²) in [6.45, 7) is 5.33. The second kappa shape index (κ2) is 6.31. The standard InChI is InChI=1S/C26H25NO4/c1-2-11-27-12-10-25-21-17-8-9-19(28)23(21)31-24(25)22(29)18(13-16-6-4-3-5-7-16)15-26(25,30)20(27)14-17/h2-9,13,20,24,28,30H,1,10-12,14-15H2/b18-13+/t20-,24+,25+,26-/m1/s1. The van der Waals surface area contributed by atoms with E-state index >= 15 is 0 Å². The highest BCUT2D eigenvalue weighted by atomic mass is 16.5. The molecule has 31 heavy (non-hydrogen) atoms. The van der Waals surface area contributed by atoms with Gasteiger partial charge in [-0.05, 0) is 36.1 Å². The van der Waals surface area contributed by atoms with Gasteiger partial charge in [0, 0.05) is 36.7 Å². The highest BCUT2D eigenvalue weighted by Gasteiger charge is 2.73. The SMILES string of the molecule is C=CCN1CC[C@]23c4c5ccc(O)c4O[C@H]2C(=O)/C(=C/c2ccccc2)C[C@@]3(O)[C@H]1C5. The van der Waals surface area contributed by atoms with Crippen molar-refractivity contribution in [2.45, 2.75) is 42.4 Å². The van der Waals surface area contributed by atoms with Crippen molar-refractivity contribution in [3.63, 3.8) is 0 Å². The molecule has 0 amide bonds. The second-order valence-electron chi connectivity index (χ2n) is 9.22. The minimum atomic E-state index is -1.17. The first-order chi connectivity index (χ1) is 15.0. The summed E-state index contributed by atoms with van der Waals surface area (Å²) < 4.78 is 6.21. The second-order valence-corrected chi connectivity index (χ2v) is 9.22. The summed E-state index contributed by atoms with van der Waals surface area (Å²) >= 11 is 0. The van der Waals surface area contributed by atoms with Crippen LogP contribution in [0.2, 0.25) is 0 Å². The van der Waals surface area contributed by atoms with Gasteiger partial charge in [0.2, 0.25) is 0 Å². The van der Waals surface area contributed by atoms with Crippen LogP contribution >= 0.6 is 0 Å². The third-order valence-corrected chi connectivity index (χ3v) is 7.84. The molecular formula is C26H25NO4. The fraction of sp³-hybridized carbons (Fsp3) is 0.346. The number of phenols is 1. The first kappa shape index (κ1) is 18.8. The predicted molar refractivity (Wildman–Crippen MR) is 117 cm³/mol. The van der Waals surface area contributed by atoms with Crippen LogP contribution in [0.1, 0.15) is 29.5 Å². The first-order valence-electron chi connectivity index (χ1n) is 10.9. The Balaban J connectivity index is 1.58. The molecule has 0 unspecified atom stereocenters. The van der Waals surface area contributed by atoms with Crippen molar-refractivity contribution in [1.82, 2.24) is 4.90 Å². The van der Waals surface area contributed by atoms with Gasteiger partial charge in [0.25, 0.3) is 0 Å². The molecule has 2 aromatic rings. The molecule has 2 fully saturated rings. The van der Waals surface area contributed by atoms with Gasteiger partial charge in [-0.15, -0.1) is 6.58 Å². The van der Waals surface area contributed by atoms with Gasteiger partial charge in [0.15, 0.2) is 23.4 Å². The van der Waals surface area contributed by atoms with E-state index in [2.05, 4.69) is 11.5 Å². The van der Waals surface area contributed by atoms with E-state index in [-0.39, 0.29) is 24.0 Å². The van der Waals surface area contributed by atoms with E-state index in [0.717, 1.165) is 23.2 Å². The lowest BCUT2D eigenvalue weighted by atomic mass is 9.48. The van der Waals surface area contributed by atoms with Crippen LogP contribution in [-0.4, -0.2) is 51.7 Å². The van der Waals surface area contributed by atoms with E-state index in [9.17, 15) is 15.0 Å². The normalized spacial score (nSPS) is 34.4. The third kappa shape index (κ3) is 2.25. The monoisotopic (exact) mass is 415 g/mol. The van der Waals surface area contributed by atoms with Gasteiger partial charge in [-0.2, -0.15) is 0 Å². The van der Waals surface area contributed by atoms with E-state index in [1.165, 1.54) is 0 Å². The fourth-order valence-electron chi connectivity index (χ4n) is 6.59. The summed E-state index contributed by atoms with van der Waals surface area (Å²) in [5.41, 5.74) is 1.41. The number of likely N-dealkylation sites (tertiary alicyclic amines) is 1. The van der Waals surface area contributed by atoms with E-state index in [1.807, 2.05) is 48.6 Å². The van der Waals surface area contributed by atoms with Gasteiger partial charge in [-0.1, -0.05) is 42.5 Å². The van der Waals surface area contributed by atoms with Crippen LogP contribution in [0.4, 0.5) is 0 Å². The minimum absolute atomic E-state index is 0.0400. The number of Topliss-reactive ketones (excluding diaryl/α,β-unsaturated/α-hetero) is 1. The molecule has 5 nitrogen and oxygen atoms in total. The van der Waals surface area contributed by atoms with Crippen molar-refractivity contribution in [2.24, 2.45) is 0 Å². The molecule has 2 bridgehead atoms. The van der Waals surface area contributed by atoms with Gasteiger partial charge in [0.05, 0.1) is 11.0 Å². The lowest BCUT2D eigenvalue weighted by Crippen LogP contribution is -2.76. The number of phenolic OH excluding ortho intramolecular Hbond substituents is 1. The summed E-state index contributed by atoms with van der Waals surface area (Å²) in [6.07, 6.45) is 4.45. The van der Waals surface area contributed by atoms with Crippen molar-refractivity contribution >= 4 is 11.9 Å². The van der Waals surface area contributed by atoms with E-state index in [4.69, 9.17) is 4.74 Å². The van der Waals surface area contributed by atoms with Gasteiger partial charge < -0.3 is 14.9 Å². The molecule has 6 rings (SSSR count). The highest BCUT2D eigenvalue weighted by molar-refractivity contribution is 6.06. The zero-order valence-corrected chi connectivity index (χ0v) is 17.3. The number of rotatable bonds is 3. The average molecular weight is 415 g/mol. The average Bonchev–Trinajstić information content (AvgIpc) is 3.12. The first-order valence-corrected chi connectivity index (χ1v) is 10.9. The number of aromatic hydroxyl groups is 1. The Morgan fingerprint density at radius 2 is 2.03 bits per heavy atom. The molecule has 1 spiro atoms. The number of hydrogen-bond acceptors (Lipinski definition) is 5. The third-order valence-electron chi connectivity index (χ3n) is 7.84. The number of piperidine rings is 1. The quantitative estimate of drug-likeness (QED) is 0.596. The summed E-state index contributed by atoms with van der Waals surface area (Å²) in [4.78, 5) is 16.0.